The number of aliphatic hydroxyl groups excluding tert-OH is 1. The molecule has 0 aromatic heterocycles. The number of amides is 1. The van der Waals surface area contributed by atoms with Crippen LogP contribution in [0.3, 0.4) is 0 Å². The van der Waals surface area contributed by atoms with Crippen molar-refractivity contribution in [2.75, 3.05) is 32.8 Å². The minimum atomic E-state index is -2.37. The average molecular weight is 1440 g/mol. The van der Waals surface area contributed by atoms with Crippen molar-refractivity contribution in [1.82, 2.24) is 4.90 Å². The number of methoxy groups -OCH3 is 2. The van der Waals surface area contributed by atoms with Crippen LogP contribution in [0.15, 0.2) is 36.0 Å². The van der Waals surface area contributed by atoms with Crippen LogP contribution >= 0.6 is 0 Å². The Kier molecular flexibility index (Phi) is 24.3. The van der Waals surface area contributed by atoms with Crippen molar-refractivity contribution >= 4 is 23.4 Å². The number of alkyl halides is 6. The molecule has 14 unspecified atom stereocenters. The number of rotatable bonds is 10. The molecule has 0 aromatic rings. The van der Waals surface area contributed by atoms with E-state index in [1.54, 1.807) is 34.3 Å². The molecular formula is C44H69I5NO12-5. The van der Waals surface area contributed by atoms with E-state index in [4.69, 9.17) is 18.7 Å². The number of ketones is 2. The van der Waals surface area contributed by atoms with Gasteiger partial charge >= 0.3 is 428 Å². The van der Waals surface area contributed by atoms with Crippen LogP contribution < -0.4 is 108 Å². The summed E-state index contributed by atoms with van der Waals surface area (Å²) in [6.45, 7) is 12.2. The zero-order chi connectivity index (χ0) is 45.7. The summed E-state index contributed by atoms with van der Waals surface area (Å²) in [4.78, 5) is 60.7. The van der Waals surface area contributed by atoms with E-state index in [0.717, 1.165) is 30.4 Å². The molecule has 3 heterocycles. The molecule has 362 valence electrons. The molecule has 13 nitrogen and oxygen atoms in total. The third kappa shape index (κ3) is 14.7. The minimum absolute atomic E-state index is 0.0473. The number of carbonyl (C=O) groups excluding carboxylic acids is 4. The molecule has 3 aliphatic heterocycles. The molecule has 0 aromatic carbocycles. The van der Waals surface area contributed by atoms with Crippen molar-refractivity contribution in [3.8, 4) is 0 Å². The Balaban J connectivity index is 1.79. The van der Waals surface area contributed by atoms with E-state index in [2.05, 4.69) is 44.4 Å². The predicted octanol–water partition coefficient (Wildman–Crippen LogP) is -10.9. The van der Waals surface area contributed by atoms with Crippen molar-refractivity contribution in [3.63, 3.8) is 0 Å². The summed E-state index contributed by atoms with van der Waals surface area (Å²) in [7, 11) is 4.95. The number of piperidine rings is 1. The maximum atomic E-state index is 14.4. The number of hydrogen-bond acceptors (Lipinski definition) is 12. The predicted molar refractivity (Wildman–Crippen MR) is 213 cm³/mol. The van der Waals surface area contributed by atoms with Crippen molar-refractivity contribution < 1.29 is 159 Å². The first-order valence-electron chi connectivity index (χ1n) is 21.4. The van der Waals surface area contributed by atoms with Crippen LogP contribution in [0.25, 0.3) is 0 Å². The van der Waals surface area contributed by atoms with Gasteiger partial charge in [0.05, 0.1) is 0 Å². The van der Waals surface area contributed by atoms with Gasteiger partial charge in [-0.15, -0.1) is 0 Å². The molecule has 0 spiro atoms. The number of Topliss-reactive ketones (excluding diaryl/α,β-unsaturated/α-hetero) is 2. The molecule has 3 fully saturated rings. The second kappa shape index (κ2) is 27.2. The number of carbonyl (C=O) groups is 4. The fourth-order valence-corrected chi connectivity index (χ4v) is 27.7. The van der Waals surface area contributed by atoms with Crippen LogP contribution in [0, 0.1) is 23.7 Å². The maximum absolute atomic E-state index is 14.4. The first kappa shape index (κ1) is 55.5. The molecule has 4 aliphatic rings. The standard InChI is InChI=1S/C44H69I5NO12/c1-10-13-30-19-25(2)18-26(3)20-32(47-60-9)39-37(59-8)22-28(5)44(56,62-49-39)41(53)42(54)50-17-12-11-14-33(50)43(55)61-48-38(40(45-6)31(46-57)24-35(30)52)27(4)21-29-15-16-34(51)36(23-29)58-7/h10,19,21,26,28-34,36-40,51,56-57H,1,11-18,20,22-24H2,2-9H3/q-5/b25-19+,27-21+. The van der Waals surface area contributed by atoms with Crippen LogP contribution in [-0.2, 0) is 37.9 Å². The van der Waals surface area contributed by atoms with Gasteiger partial charge in [0.2, 0.25) is 0 Å². The van der Waals surface area contributed by atoms with Crippen LogP contribution in [0.4, 0.5) is 0 Å². The summed E-state index contributed by atoms with van der Waals surface area (Å²) in [5.41, 5.74) is 2.14. The van der Waals surface area contributed by atoms with Gasteiger partial charge in [0.15, 0.2) is 0 Å². The van der Waals surface area contributed by atoms with Gasteiger partial charge in [-0.25, -0.2) is 0 Å². The van der Waals surface area contributed by atoms with E-state index in [1.165, 1.54) is 4.90 Å². The summed E-state index contributed by atoms with van der Waals surface area (Å²) < 4.78 is 40.8. The van der Waals surface area contributed by atoms with Crippen molar-refractivity contribution in [3.05, 3.63) is 36.0 Å². The van der Waals surface area contributed by atoms with E-state index in [9.17, 15) is 32.8 Å². The summed E-state index contributed by atoms with van der Waals surface area (Å²) in [5, 5.41) is 22.7. The first-order chi connectivity index (χ1) is 29.6. The first-order valence-corrected chi connectivity index (χ1v) is 33.4. The van der Waals surface area contributed by atoms with Gasteiger partial charge in [0.25, 0.3) is 0 Å². The van der Waals surface area contributed by atoms with Crippen molar-refractivity contribution in [2.45, 2.75) is 148 Å². The molecule has 2 bridgehead atoms. The zero-order valence-electron chi connectivity index (χ0n) is 37.3. The molecule has 62 heavy (non-hydrogen) atoms. The molecule has 3 N–H and O–H groups in total. The molecule has 1 amide bonds. The Morgan fingerprint density at radius 1 is 1.02 bits per heavy atom. The monoisotopic (exact) mass is 1440 g/mol. The number of halogens is 5. The summed E-state index contributed by atoms with van der Waals surface area (Å²) >= 11 is -5.46. The summed E-state index contributed by atoms with van der Waals surface area (Å²) in [6.07, 6.45) is 11.1. The Morgan fingerprint density at radius 2 is 1.74 bits per heavy atom. The Morgan fingerprint density at radius 3 is 2.39 bits per heavy atom. The summed E-state index contributed by atoms with van der Waals surface area (Å²) in [5.74, 6) is -5.68. The van der Waals surface area contributed by atoms with Gasteiger partial charge in [0, 0.05) is 0 Å². The number of ether oxygens (including phenoxy) is 2. The van der Waals surface area contributed by atoms with E-state index >= 15 is 0 Å². The number of nitrogens with zero attached hydrogens (tertiary/aromatic N) is 1. The second-order valence-electron chi connectivity index (χ2n) is 17.2. The van der Waals surface area contributed by atoms with Gasteiger partial charge in [-0.3, -0.25) is 0 Å². The van der Waals surface area contributed by atoms with Crippen LogP contribution in [0.1, 0.15) is 98.3 Å². The molecule has 1 aliphatic carbocycles. The van der Waals surface area contributed by atoms with E-state index in [0.29, 0.717) is 44.9 Å². The Bertz CT molecular complexity index is 1590. The van der Waals surface area contributed by atoms with Crippen molar-refractivity contribution in [2.24, 2.45) is 23.7 Å². The van der Waals surface area contributed by atoms with E-state index in [-0.39, 0.29) is 68.3 Å². The van der Waals surface area contributed by atoms with E-state index < -0.39 is 149 Å². The SMILES string of the molecule is C=CCC1/C=C(\C)CC(C)CC([I-]OC)C2[I-]OC(O)(C(=O)C(=O)N3CCCCC3C(=O)O[I-]C(/C(C)=C/C3CCC(O)C(OC)C3)C([I-]C)C([I-]O)CC1=O)C(C)CC2OC. The molecule has 18 heteroatoms. The quantitative estimate of drug-likeness (QED) is 0.0817. The van der Waals surface area contributed by atoms with Crippen molar-refractivity contribution in [1.29, 1.82) is 0 Å². The molecule has 14 atom stereocenters. The Hall–Kier alpha value is 0.870. The third-order valence-electron chi connectivity index (χ3n) is 12.5. The van der Waals surface area contributed by atoms with E-state index in [1.807, 2.05) is 0 Å². The van der Waals surface area contributed by atoms with Gasteiger partial charge in [-0.1, -0.05) is 0 Å². The molecule has 2 saturated heterocycles. The van der Waals surface area contributed by atoms with Gasteiger partial charge in [0.1, 0.15) is 0 Å². The number of allylic oxidation sites excluding steroid dienone is 5. The molecular weight excluding hydrogens is 1370 g/mol. The molecule has 1 saturated carbocycles. The van der Waals surface area contributed by atoms with Gasteiger partial charge < -0.3 is 0 Å². The Labute approximate surface area is 423 Å². The average Bonchev–Trinajstić information content (AvgIpc) is 3.38. The third-order valence-corrected chi connectivity index (χ3v) is 30.3. The number of aliphatic hydroxyl groups is 2. The summed E-state index contributed by atoms with van der Waals surface area (Å²) in [6, 6.07) is -1.00. The number of fused-ring (bicyclic) bond motifs is 4. The molecule has 4 rings (SSSR count). The van der Waals surface area contributed by atoms with Crippen LogP contribution in [-0.4, -0.2) is 125 Å². The van der Waals surface area contributed by atoms with Gasteiger partial charge in [-0.2, -0.15) is 0 Å². The zero-order valence-corrected chi connectivity index (χ0v) is 48.1. The fourth-order valence-electron chi connectivity index (χ4n) is 9.10. The fraction of sp³-hybridized carbons (Fsp3) is 0.773. The second-order valence-corrected chi connectivity index (χ2v) is 29.7. The number of hydrogen-bond donors (Lipinski definition) is 3. The molecule has 0 radical (unpaired) electrons. The normalized spacial score (nSPS) is 39.5. The van der Waals surface area contributed by atoms with Gasteiger partial charge in [-0.05, 0) is 0 Å². The van der Waals surface area contributed by atoms with Crippen LogP contribution in [0.5, 0.6) is 0 Å². The topological polar surface area (TPSA) is 178 Å². The van der Waals surface area contributed by atoms with Crippen LogP contribution in [0.2, 0.25) is 0 Å².